The molecule has 1 aromatic rings. The molecule has 1 amide bonds. The lowest BCUT2D eigenvalue weighted by Crippen LogP contribution is -2.60. The van der Waals surface area contributed by atoms with E-state index < -0.39 is 0 Å². The average Bonchev–Trinajstić information content (AvgIpc) is 2.60. The average molecular weight is 313 g/mol. The van der Waals surface area contributed by atoms with E-state index in [2.05, 4.69) is 28.1 Å². The fourth-order valence-corrected chi connectivity index (χ4v) is 4.50. The van der Waals surface area contributed by atoms with Gasteiger partial charge in [-0.3, -0.25) is 9.69 Å². The van der Waals surface area contributed by atoms with Crippen molar-refractivity contribution >= 4 is 11.6 Å². The van der Waals surface area contributed by atoms with Crippen molar-refractivity contribution < 1.29 is 4.79 Å². The van der Waals surface area contributed by atoms with Crippen LogP contribution in [0.3, 0.4) is 0 Å². The Balaban J connectivity index is 1.59. The fraction of sp³-hybridized carbons (Fsp3) is 0.632. The Bertz CT molecular complexity index is 600. The van der Waals surface area contributed by atoms with Gasteiger partial charge in [-0.2, -0.15) is 0 Å². The summed E-state index contributed by atoms with van der Waals surface area (Å²) in [6, 6.07) is 7.03. The third-order valence-electron chi connectivity index (χ3n) is 5.77. The van der Waals surface area contributed by atoms with E-state index in [9.17, 15) is 4.79 Å². The molecule has 0 radical (unpaired) electrons. The van der Waals surface area contributed by atoms with Crippen LogP contribution in [0.2, 0.25) is 0 Å². The lowest BCUT2D eigenvalue weighted by atomic mass is 9.94. The molecule has 124 valence electrons. The first-order valence-electron chi connectivity index (χ1n) is 9.15. The summed E-state index contributed by atoms with van der Waals surface area (Å²) in [6.07, 6.45) is 5.99. The smallest absolute Gasteiger partial charge is 0.254 e. The third-order valence-corrected chi connectivity index (χ3v) is 5.77. The Morgan fingerprint density at radius 3 is 3.04 bits per heavy atom. The van der Waals surface area contributed by atoms with Gasteiger partial charge in [0.1, 0.15) is 0 Å². The van der Waals surface area contributed by atoms with Gasteiger partial charge >= 0.3 is 0 Å². The highest BCUT2D eigenvalue weighted by Gasteiger charge is 2.36. The Morgan fingerprint density at radius 2 is 2.13 bits per heavy atom. The molecule has 4 rings (SSSR count). The molecule has 2 unspecified atom stereocenters. The minimum atomic E-state index is 0.239. The molecule has 2 saturated heterocycles. The molecule has 0 aliphatic carbocycles. The van der Waals surface area contributed by atoms with Crippen LogP contribution in [0, 0.1) is 0 Å². The van der Waals surface area contributed by atoms with Gasteiger partial charge in [-0.15, -0.1) is 0 Å². The van der Waals surface area contributed by atoms with Gasteiger partial charge in [0.25, 0.3) is 5.91 Å². The molecule has 0 saturated carbocycles. The fourth-order valence-electron chi connectivity index (χ4n) is 4.50. The van der Waals surface area contributed by atoms with Crippen LogP contribution in [-0.4, -0.2) is 54.0 Å². The van der Waals surface area contributed by atoms with Crippen molar-refractivity contribution in [3.63, 3.8) is 0 Å². The molecule has 0 bridgehead atoms. The molecular weight excluding hydrogens is 286 g/mol. The number of anilines is 1. The topological polar surface area (TPSA) is 35.6 Å². The summed E-state index contributed by atoms with van der Waals surface area (Å²) >= 11 is 0. The Morgan fingerprint density at radius 1 is 1.22 bits per heavy atom. The zero-order valence-corrected chi connectivity index (χ0v) is 14.1. The van der Waals surface area contributed by atoms with Gasteiger partial charge in [-0.1, -0.05) is 12.5 Å². The standard InChI is InChI=1S/C19H27N3O/c1-14-12-21-11-3-2-6-15(21)13-22(14)19(23)17-7-4-9-18-16(17)8-5-10-20-18/h4,7,9,14-15,20H,2-3,5-6,8,10-13H2,1H3. The van der Waals surface area contributed by atoms with Crippen LogP contribution in [0.4, 0.5) is 5.69 Å². The van der Waals surface area contributed by atoms with Gasteiger partial charge in [0.15, 0.2) is 0 Å². The quantitative estimate of drug-likeness (QED) is 0.866. The SMILES string of the molecule is CC1CN2CCCCC2CN1C(=O)c1cccc2c1CCCN2. The second kappa shape index (κ2) is 6.16. The second-order valence-corrected chi connectivity index (χ2v) is 7.31. The molecule has 2 fully saturated rings. The van der Waals surface area contributed by atoms with Gasteiger partial charge < -0.3 is 10.2 Å². The number of benzene rings is 1. The highest BCUT2D eigenvalue weighted by atomic mass is 16.2. The van der Waals surface area contributed by atoms with Crippen LogP contribution < -0.4 is 5.32 Å². The van der Waals surface area contributed by atoms with Crippen LogP contribution in [0.5, 0.6) is 0 Å². The minimum absolute atomic E-state index is 0.239. The highest BCUT2D eigenvalue weighted by molar-refractivity contribution is 5.97. The van der Waals surface area contributed by atoms with Crippen molar-refractivity contribution in [3.8, 4) is 0 Å². The zero-order valence-electron chi connectivity index (χ0n) is 14.1. The van der Waals surface area contributed by atoms with E-state index in [1.54, 1.807) is 0 Å². The van der Waals surface area contributed by atoms with Crippen molar-refractivity contribution in [1.82, 2.24) is 9.80 Å². The Hall–Kier alpha value is -1.55. The van der Waals surface area contributed by atoms with Crippen molar-refractivity contribution in [1.29, 1.82) is 0 Å². The molecule has 2 atom stereocenters. The minimum Gasteiger partial charge on any atom is -0.385 e. The summed E-state index contributed by atoms with van der Waals surface area (Å²) < 4.78 is 0. The predicted octanol–water partition coefficient (Wildman–Crippen LogP) is 2.74. The maximum atomic E-state index is 13.2. The molecule has 3 aliphatic rings. The second-order valence-electron chi connectivity index (χ2n) is 7.31. The lowest BCUT2D eigenvalue weighted by Gasteiger charge is -2.47. The number of piperidine rings is 1. The molecule has 3 heterocycles. The number of carbonyl (C=O) groups is 1. The summed E-state index contributed by atoms with van der Waals surface area (Å²) in [5.41, 5.74) is 3.30. The Labute approximate surface area is 138 Å². The van der Waals surface area contributed by atoms with E-state index in [4.69, 9.17) is 0 Å². The molecule has 3 aliphatic heterocycles. The van der Waals surface area contributed by atoms with Gasteiger partial charge in [0.05, 0.1) is 0 Å². The summed E-state index contributed by atoms with van der Waals surface area (Å²) in [4.78, 5) is 18.0. The van der Waals surface area contributed by atoms with Crippen molar-refractivity contribution in [2.45, 2.75) is 51.1 Å². The molecular formula is C19H27N3O. The number of fused-ring (bicyclic) bond motifs is 2. The lowest BCUT2D eigenvalue weighted by molar-refractivity contribution is 0.0151. The van der Waals surface area contributed by atoms with Crippen molar-refractivity contribution in [2.75, 3.05) is 31.5 Å². The third kappa shape index (κ3) is 2.74. The largest absolute Gasteiger partial charge is 0.385 e. The van der Waals surface area contributed by atoms with E-state index in [-0.39, 0.29) is 5.91 Å². The number of amides is 1. The van der Waals surface area contributed by atoms with Gasteiger partial charge in [-0.05, 0) is 56.8 Å². The van der Waals surface area contributed by atoms with E-state index in [1.165, 1.54) is 31.4 Å². The number of carbonyl (C=O) groups excluding carboxylic acids is 1. The maximum Gasteiger partial charge on any atom is 0.254 e. The van der Waals surface area contributed by atoms with Crippen LogP contribution in [0.15, 0.2) is 18.2 Å². The first-order valence-corrected chi connectivity index (χ1v) is 9.15. The number of nitrogens with zero attached hydrogens (tertiary/aromatic N) is 2. The number of piperazine rings is 1. The summed E-state index contributed by atoms with van der Waals surface area (Å²) in [5.74, 6) is 0.239. The maximum absolute atomic E-state index is 13.2. The zero-order chi connectivity index (χ0) is 15.8. The number of hydrogen-bond donors (Lipinski definition) is 1. The molecule has 0 spiro atoms. The highest BCUT2D eigenvalue weighted by Crippen LogP contribution is 2.29. The van der Waals surface area contributed by atoms with Gasteiger partial charge in [0.2, 0.25) is 0 Å². The molecule has 0 aromatic heterocycles. The first-order chi connectivity index (χ1) is 11.2. The van der Waals surface area contributed by atoms with E-state index in [0.717, 1.165) is 43.7 Å². The molecule has 4 heteroatoms. The van der Waals surface area contributed by atoms with Crippen molar-refractivity contribution in [3.05, 3.63) is 29.3 Å². The van der Waals surface area contributed by atoms with Crippen LogP contribution in [0.25, 0.3) is 0 Å². The first kappa shape index (κ1) is 15.0. The monoisotopic (exact) mass is 313 g/mol. The van der Waals surface area contributed by atoms with Crippen LogP contribution >= 0.6 is 0 Å². The van der Waals surface area contributed by atoms with E-state index in [1.807, 2.05) is 12.1 Å². The summed E-state index contributed by atoms with van der Waals surface area (Å²) in [6.45, 7) is 6.36. The van der Waals surface area contributed by atoms with E-state index >= 15 is 0 Å². The van der Waals surface area contributed by atoms with Crippen molar-refractivity contribution in [2.24, 2.45) is 0 Å². The summed E-state index contributed by atoms with van der Waals surface area (Å²) in [7, 11) is 0. The van der Waals surface area contributed by atoms with Gasteiger partial charge in [0, 0.05) is 43.0 Å². The van der Waals surface area contributed by atoms with Crippen LogP contribution in [-0.2, 0) is 6.42 Å². The predicted molar refractivity (Wildman–Crippen MR) is 93.0 cm³/mol. The summed E-state index contributed by atoms with van der Waals surface area (Å²) in [5, 5.41) is 3.44. The number of rotatable bonds is 1. The Kier molecular flexibility index (Phi) is 4.02. The van der Waals surface area contributed by atoms with Crippen LogP contribution in [0.1, 0.15) is 48.5 Å². The molecule has 1 N–H and O–H groups in total. The molecule has 23 heavy (non-hydrogen) atoms. The molecule has 1 aromatic carbocycles. The molecule has 4 nitrogen and oxygen atoms in total. The van der Waals surface area contributed by atoms with E-state index in [0.29, 0.717) is 12.1 Å². The number of nitrogens with one attached hydrogen (secondary N) is 1. The normalized spacial score (nSPS) is 27.8. The number of hydrogen-bond acceptors (Lipinski definition) is 3. The van der Waals surface area contributed by atoms with Gasteiger partial charge in [-0.25, -0.2) is 0 Å².